The molecule has 0 aliphatic carbocycles. The topological polar surface area (TPSA) is 68.2 Å². The van der Waals surface area contributed by atoms with E-state index in [2.05, 4.69) is 15.7 Å². The maximum absolute atomic E-state index is 12.1. The summed E-state index contributed by atoms with van der Waals surface area (Å²) in [6.45, 7) is 5.51. The summed E-state index contributed by atoms with van der Waals surface area (Å²) in [5.41, 5.74) is 1.28. The number of hydrogen-bond donors (Lipinski definition) is 2. The standard InChI is InChI=1S/C16H22N4O2.ClH/c1-4-17-12(2)11-18-16(21)15-9-10-20(19-15)13-5-7-14(22-3)8-6-13;/h5-10,12,17H,4,11H2,1-3H3,(H,18,21);1H/t12-;/m1./s1. The molecule has 2 N–H and O–H groups in total. The van der Waals surface area contributed by atoms with Crippen LogP contribution in [0.3, 0.4) is 0 Å². The van der Waals surface area contributed by atoms with Crippen LogP contribution in [-0.4, -0.2) is 41.9 Å². The van der Waals surface area contributed by atoms with Gasteiger partial charge in [-0.2, -0.15) is 5.10 Å². The van der Waals surface area contributed by atoms with Crippen molar-refractivity contribution in [2.75, 3.05) is 20.2 Å². The van der Waals surface area contributed by atoms with Crippen LogP contribution in [0.15, 0.2) is 36.5 Å². The van der Waals surface area contributed by atoms with Gasteiger partial charge in [-0.3, -0.25) is 4.79 Å². The van der Waals surface area contributed by atoms with Gasteiger partial charge in [0.25, 0.3) is 5.91 Å². The van der Waals surface area contributed by atoms with Crippen LogP contribution in [0, 0.1) is 0 Å². The molecule has 1 amide bonds. The quantitative estimate of drug-likeness (QED) is 0.810. The van der Waals surface area contributed by atoms with E-state index in [0.717, 1.165) is 18.0 Å². The molecule has 2 aromatic rings. The monoisotopic (exact) mass is 338 g/mol. The van der Waals surface area contributed by atoms with E-state index in [0.29, 0.717) is 12.2 Å². The fraction of sp³-hybridized carbons (Fsp3) is 0.375. The second-order valence-corrected chi connectivity index (χ2v) is 5.01. The Morgan fingerprint density at radius 2 is 2.00 bits per heavy atom. The number of halogens is 1. The average Bonchev–Trinajstić information content (AvgIpc) is 3.03. The maximum atomic E-state index is 12.1. The molecule has 7 heteroatoms. The molecule has 2 rings (SSSR count). The summed E-state index contributed by atoms with van der Waals surface area (Å²) in [6, 6.07) is 9.43. The number of nitrogens with one attached hydrogen (secondary N) is 2. The van der Waals surface area contributed by atoms with Crippen molar-refractivity contribution in [1.29, 1.82) is 0 Å². The summed E-state index contributed by atoms with van der Waals surface area (Å²) in [5.74, 6) is 0.614. The molecule has 1 atom stereocenters. The Kier molecular flexibility index (Phi) is 7.57. The molecule has 1 heterocycles. The Morgan fingerprint density at radius 3 is 2.61 bits per heavy atom. The number of carbonyl (C=O) groups is 1. The number of carbonyl (C=O) groups excluding carboxylic acids is 1. The highest BCUT2D eigenvalue weighted by Crippen LogP contribution is 2.14. The predicted molar refractivity (Wildman–Crippen MR) is 92.8 cm³/mol. The molecule has 0 radical (unpaired) electrons. The molecule has 0 saturated carbocycles. The molecule has 126 valence electrons. The van der Waals surface area contributed by atoms with Crippen LogP contribution in [0.4, 0.5) is 0 Å². The molecule has 23 heavy (non-hydrogen) atoms. The first-order chi connectivity index (χ1) is 10.6. The van der Waals surface area contributed by atoms with E-state index < -0.39 is 0 Å². The number of benzene rings is 1. The minimum absolute atomic E-state index is 0. The van der Waals surface area contributed by atoms with E-state index in [1.165, 1.54) is 0 Å². The highest BCUT2D eigenvalue weighted by atomic mass is 35.5. The summed E-state index contributed by atoms with van der Waals surface area (Å²) in [6.07, 6.45) is 1.77. The summed E-state index contributed by atoms with van der Waals surface area (Å²) in [4.78, 5) is 12.1. The zero-order valence-corrected chi connectivity index (χ0v) is 14.4. The molecule has 1 aromatic carbocycles. The second kappa shape index (κ2) is 9.17. The fourth-order valence-corrected chi connectivity index (χ4v) is 2.08. The Hall–Kier alpha value is -2.05. The van der Waals surface area contributed by atoms with Gasteiger partial charge in [-0.1, -0.05) is 6.92 Å². The molecule has 0 saturated heterocycles. The molecular weight excluding hydrogens is 316 g/mol. The van der Waals surface area contributed by atoms with E-state index in [9.17, 15) is 4.79 Å². The summed E-state index contributed by atoms with van der Waals surface area (Å²) in [5, 5.41) is 10.4. The van der Waals surface area contributed by atoms with E-state index >= 15 is 0 Å². The zero-order valence-electron chi connectivity index (χ0n) is 13.6. The molecule has 0 unspecified atom stereocenters. The van der Waals surface area contributed by atoms with Crippen molar-refractivity contribution in [3.05, 3.63) is 42.2 Å². The van der Waals surface area contributed by atoms with E-state index in [-0.39, 0.29) is 24.4 Å². The largest absolute Gasteiger partial charge is 0.497 e. The number of hydrogen-bond acceptors (Lipinski definition) is 4. The Morgan fingerprint density at radius 1 is 1.30 bits per heavy atom. The summed E-state index contributed by atoms with van der Waals surface area (Å²) < 4.78 is 6.79. The average molecular weight is 339 g/mol. The van der Waals surface area contributed by atoms with Crippen molar-refractivity contribution >= 4 is 18.3 Å². The van der Waals surface area contributed by atoms with Gasteiger partial charge in [0.05, 0.1) is 12.8 Å². The smallest absolute Gasteiger partial charge is 0.271 e. The number of amides is 1. The van der Waals surface area contributed by atoms with Crippen molar-refractivity contribution in [1.82, 2.24) is 20.4 Å². The van der Waals surface area contributed by atoms with Crippen LogP contribution in [-0.2, 0) is 0 Å². The second-order valence-electron chi connectivity index (χ2n) is 5.01. The van der Waals surface area contributed by atoms with Crippen molar-refractivity contribution in [2.45, 2.75) is 19.9 Å². The first kappa shape index (κ1) is 19.0. The van der Waals surface area contributed by atoms with Crippen LogP contribution in [0.25, 0.3) is 5.69 Å². The van der Waals surface area contributed by atoms with E-state index in [1.807, 2.05) is 38.1 Å². The van der Waals surface area contributed by atoms with Crippen molar-refractivity contribution in [3.63, 3.8) is 0 Å². The first-order valence-corrected chi connectivity index (χ1v) is 7.35. The van der Waals surface area contributed by atoms with Gasteiger partial charge in [-0.05, 0) is 43.8 Å². The van der Waals surface area contributed by atoms with Gasteiger partial charge in [0.1, 0.15) is 5.75 Å². The molecule has 6 nitrogen and oxygen atoms in total. The minimum Gasteiger partial charge on any atom is -0.497 e. The number of likely N-dealkylation sites (N-methyl/N-ethyl adjacent to an activating group) is 1. The lowest BCUT2D eigenvalue weighted by Crippen LogP contribution is -2.38. The lowest BCUT2D eigenvalue weighted by atomic mass is 10.3. The van der Waals surface area contributed by atoms with Gasteiger partial charge < -0.3 is 15.4 Å². The molecule has 1 aromatic heterocycles. The molecule has 0 fully saturated rings. The van der Waals surface area contributed by atoms with Crippen LogP contribution < -0.4 is 15.4 Å². The molecule has 0 aliphatic heterocycles. The Labute approximate surface area is 142 Å². The van der Waals surface area contributed by atoms with Crippen LogP contribution in [0.5, 0.6) is 5.75 Å². The third-order valence-corrected chi connectivity index (χ3v) is 3.28. The van der Waals surface area contributed by atoms with E-state index in [1.54, 1.807) is 24.1 Å². The summed E-state index contributed by atoms with van der Waals surface area (Å²) in [7, 11) is 1.62. The normalized spacial score (nSPS) is 11.4. The number of methoxy groups -OCH3 is 1. The van der Waals surface area contributed by atoms with Crippen LogP contribution in [0.1, 0.15) is 24.3 Å². The minimum atomic E-state index is -0.169. The van der Waals surface area contributed by atoms with Gasteiger partial charge in [0, 0.05) is 18.8 Å². The van der Waals surface area contributed by atoms with Gasteiger partial charge in [-0.25, -0.2) is 4.68 Å². The Bertz CT molecular complexity index is 613. The van der Waals surface area contributed by atoms with Gasteiger partial charge in [-0.15, -0.1) is 12.4 Å². The predicted octanol–water partition coefficient (Wildman–Crippen LogP) is 2.03. The van der Waals surface area contributed by atoms with Crippen molar-refractivity contribution in [3.8, 4) is 11.4 Å². The highest BCUT2D eigenvalue weighted by molar-refractivity contribution is 5.92. The third kappa shape index (κ3) is 5.26. The fourth-order valence-electron chi connectivity index (χ4n) is 2.08. The third-order valence-electron chi connectivity index (χ3n) is 3.28. The van der Waals surface area contributed by atoms with Crippen molar-refractivity contribution in [2.24, 2.45) is 0 Å². The molecule has 0 bridgehead atoms. The van der Waals surface area contributed by atoms with Gasteiger partial charge in [0.2, 0.25) is 0 Å². The molecule has 0 aliphatic rings. The lowest BCUT2D eigenvalue weighted by Gasteiger charge is -2.12. The number of aromatic nitrogens is 2. The molecule has 0 spiro atoms. The zero-order chi connectivity index (χ0) is 15.9. The van der Waals surface area contributed by atoms with Gasteiger partial charge in [0.15, 0.2) is 5.69 Å². The Balaban J connectivity index is 0.00000264. The molecular formula is C16H23ClN4O2. The maximum Gasteiger partial charge on any atom is 0.271 e. The number of nitrogens with zero attached hydrogens (tertiary/aromatic N) is 2. The van der Waals surface area contributed by atoms with Crippen LogP contribution in [0.2, 0.25) is 0 Å². The lowest BCUT2D eigenvalue weighted by molar-refractivity contribution is 0.0945. The van der Waals surface area contributed by atoms with E-state index in [4.69, 9.17) is 4.74 Å². The number of rotatable bonds is 7. The van der Waals surface area contributed by atoms with Crippen molar-refractivity contribution < 1.29 is 9.53 Å². The van der Waals surface area contributed by atoms with Crippen LogP contribution >= 0.6 is 12.4 Å². The first-order valence-electron chi connectivity index (χ1n) is 7.35. The SMILES string of the molecule is CCN[C@H](C)CNC(=O)c1ccn(-c2ccc(OC)cc2)n1.Cl. The highest BCUT2D eigenvalue weighted by Gasteiger charge is 2.11. The summed E-state index contributed by atoms with van der Waals surface area (Å²) >= 11 is 0. The van der Waals surface area contributed by atoms with Gasteiger partial charge >= 0.3 is 0 Å². The number of ether oxygens (including phenoxy) is 1.